The molecule has 58 heavy (non-hydrogen) atoms. The molecule has 13 nitrogen and oxygen atoms in total. The van der Waals surface area contributed by atoms with Gasteiger partial charge in [0.25, 0.3) is 0 Å². The van der Waals surface area contributed by atoms with Gasteiger partial charge in [-0.3, -0.25) is 23.4 Å². The van der Waals surface area contributed by atoms with Gasteiger partial charge in [0, 0.05) is 31.1 Å². The molecule has 5 N–H and O–H groups in total. The first kappa shape index (κ1) is 53.5. The van der Waals surface area contributed by atoms with E-state index in [0.717, 1.165) is 64.2 Å². The Bertz CT molecular complexity index is 1270. The molecular weight excluding hydrogens is 767 g/mol. The third-order valence-corrected chi connectivity index (χ3v) is 10.8. The van der Waals surface area contributed by atoms with E-state index < -0.39 is 70.6 Å². The maximum absolute atomic E-state index is 12.6. The first-order chi connectivity index (χ1) is 27.9. The van der Waals surface area contributed by atoms with Gasteiger partial charge >= 0.3 is 19.8 Å². The van der Waals surface area contributed by atoms with Crippen molar-refractivity contribution < 1.29 is 62.8 Å². The van der Waals surface area contributed by atoms with Crippen LogP contribution >= 0.6 is 7.82 Å². The molecule has 0 aliphatic heterocycles. The van der Waals surface area contributed by atoms with Gasteiger partial charge < -0.3 is 34.8 Å². The van der Waals surface area contributed by atoms with Gasteiger partial charge in [-0.15, -0.1) is 0 Å². The van der Waals surface area contributed by atoms with Gasteiger partial charge in [0.1, 0.15) is 18.5 Å². The first-order valence-corrected chi connectivity index (χ1v) is 23.2. The number of phosphoric acid groups is 1. The largest absolute Gasteiger partial charge is 0.472 e. The molecule has 0 aromatic rings. The molecule has 1 fully saturated rings. The van der Waals surface area contributed by atoms with Crippen molar-refractivity contribution in [3.05, 3.63) is 48.6 Å². The number of allylic oxidation sites excluding steroid dienone is 6. The van der Waals surface area contributed by atoms with Crippen LogP contribution in [-0.4, -0.2) is 93.9 Å². The van der Waals surface area contributed by atoms with Gasteiger partial charge in [-0.2, -0.15) is 0 Å². The fraction of sp³-hybridized carbons (Fsp3) is 0.750. The van der Waals surface area contributed by atoms with Crippen LogP contribution in [-0.2, 0) is 37.5 Å². The predicted octanol–water partition coefficient (Wildman–Crippen LogP) is 7.92. The lowest BCUT2D eigenvalue weighted by molar-refractivity contribution is -0.161. The number of phosphoric ester groups is 1. The summed E-state index contributed by atoms with van der Waals surface area (Å²) in [6, 6.07) is 0. The highest BCUT2D eigenvalue weighted by Crippen LogP contribution is 2.43. The summed E-state index contributed by atoms with van der Waals surface area (Å²) >= 11 is 0. The molecule has 1 saturated carbocycles. The molecule has 1 aliphatic rings. The molecule has 0 heterocycles. The lowest BCUT2D eigenvalue weighted by Gasteiger charge is -2.20. The van der Waals surface area contributed by atoms with E-state index in [0.29, 0.717) is 32.1 Å². The number of hydrogen-bond acceptors (Lipinski definition) is 12. The number of hydrogen-bond donors (Lipinski definition) is 5. The second kappa shape index (κ2) is 34.3. The molecule has 0 aromatic heterocycles. The summed E-state index contributed by atoms with van der Waals surface area (Å²) in [5, 5.41) is 39.0. The average Bonchev–Trinajstić information content (AvgIpc) is 3.47. The smallest absolute Gasteiger partial charge is 0.462 e. The van der Waals surface area contributed by atoms with Gasteiger partial charge in [-0.1, -0.05) is 114 Å². The van der Waals surface area contributed by atoms with E-state index >= 15 is 0 Å². The molecule has 0 bridgehead atoms. The van der Waals surface area contributed by atoms with Crippen LogP contribution in [0.4, 0.5) is 0 Å². The standard InChI is InChI=1S/C44H75O13P/c1-3-5-7-8-9-10-11-12-13-14-15-16-17-18-24-28-44(51)57-38(35-56-58(52,53)55-33-37(47)32-45)34-54-43(50)27-23-20-19-22-26-39-40(42(49)31-41(39)48)30-29-36(46)25-21-6-4-2/h9-10,12-13,19,22,29-30,36-40,42,45-47,49H,3-8,11,14-18,20-21,23-28,31-35H2,1-2H3,(H,52,53)/b10-9-,13-12-,22-19-,30-29+/t36-,37-,38+,39+,40+,42+/m0/s1. The molecule has 0 spiro atoms. The molecule has 0 saturated heterocycles. The van der Waals surface area contributed by atoms with Crippen LogP contribution in [0.1, 0.15) is 149 Å². The number of ether oxygens (including phenoxy) is 2. The minimum Gasteiger partial charge on any atom is -0.462 e. The van der Waals surface area contributed by atoms with Crippen molar-refractivity contribution in [3.63, 3.8) is 0 Å². The van der Waals surface area contributed by atoms with E-state index in [9.17, 15) is 39.2 Å². The molecular formula is C44H75O13P. The lowest BCUT2D eigenvalue weighted by Crippen LogP contribution is -2.29. The second-order valence-electron chi connectivity index (χ2n) is 15.1. The maximum Gasteiger partial charge on any atom is 0.472 e. The molecule has 14 heteroatoms. The number of unbranched alkanes of at least 4 members (excludes halogenated alkanes) is 11. The molecule has 1 unspecified atom stereocenters. The summed E-state index contributed by atoms with van der Waals surface area (Å²) in [5.74, 6) is -1.91. The number of ketones is 1. The van der Waals surface area contributed by atoms with Crippen LogP contribution in [0.25, 0.3) is 0 Å². The van der Waals surface area contributed by atoms with Gasteiger partial charge in [0.2, 0.25) is 0 Å². The fourth-order valence-electron chi connectivity index (χ4n) is 6.36. The van der Waals surface area contributed by atoms with Crippen molar-refractivity contribution in [2.45, 2.75) is 173 Å². The normalized spacial score (nSPS) is 20.1. The monoisotopic (exact) mass is 842 g/mol. The zero-order valence-corrected chi connectivity index (χ0v) is 36.1. The fourth-order valence-corrected chi connectivity index (χ4v) is 7.15. The lowest BCUT2D eigenvalue weighted by atomic mass is 9.90. The van der Waals surface area contributed by atoms with Crippen molar-refractivity contribution in [1.29, 1.82) is 0 Å². The number of Topliss-reactive ketones (excluding diaryl/α,β-unsaturated/α-hetero) is 1. The number of esters is 2. The number of aliphatic hydroxyl groups excluding tert-OH is 4. The molecule has 7 atom stereocenters. The summed E-state index contributed by atoms with van der Waals surface area (Å²) in [6.45, 7) is 1.91. The van der Waals surface area contributed by atoms with Crippen molar-refractivity contribution in [1.82, 2.24) is 0 Å². The van der Waals surface area contributed by atoms with Crippen LogP contribution in [0.2, 0.25) is 0 Å². The summed E-state index contributed by atoms with van der Waals surface area (Å²) in [5.41, 5.74) is 0. The molecule has 0 aromatic carbocycles. The van der Waals surface area contributed by atoms with E-state index in [1.54, 1.807) is 12.2 Å². The zero-order chi connectivity index (χ0) is 42.9. The van der Waals surface area contributed by atoms with Crippen molar-refractivity contribution in [2.75, 3.05) is 26.4 Å². The van der Waals surface area contributed by atoms with Gasteiger partial charge in [0.15, 0.2) is 6.10 Å². The molecule has 334 valence electrons. The summed E-state index contributed by atoms with van der Waals surface area (Å²) < 4.78 is 32.6. The Balaban J connectivity index is 2.49. The number of rotatable bonds is 36. The molecule has 0 radical (unpaired) electrons. The quantitative estimate of drug-likeness (QED) is 0.0176. The Labute approximate surface area is 347 Å². The van der Waals surface area contributed by atoms with E-state index in [-0.39, 0.29) is 36.9 Å². The Hall–Kier alpha value is -2.48. The number of aliphatic hydroxyl groups is 4. The summed E-state index contributed by atoms with van der Waals surface area (Å²) in [4.78, 5) is 47.7. The predicted molar refractivity (Wildman–Crippen MR) is 225 cm³/mol. The van der Waals surface area contributed by atoms with Gasteiger partial charge in [0.05, 0.1) is 32.0 Å². The third kappa shape index (κ3) is 28.1. The zero-order valence-electron chi connectivity index (χ0n) is 35.2. The van der Waals surface area contributed by atoms with E-state index in [1.165, 1.54) is 19.3 Å². The van der Waals surface area contributed by atoms with E-state index in [4.69, 9.17) is 19.1 Å². The van der Waals surface area contributed by atoms with Crippen molar-refractivity contribution >= 4 is 25.5 Å². The highest BCUT2D eigenvalue weighted by Gasteiger charge is 2.39. The van der Waals surface area contributed by atoms with Crippen LogP contribution in [0.3, 0.4) is 0 Å². The first-order valence-electron chi connectivity index (χ1n) is 21.7. The Morgan fingerprint density at radius 3 is 2.09 bits per heavy atom. The number of carbonyl (C=O) groups is 3. The Morgan fingerprint density at radius 1 is 0.776 bits per heavy atom. The molecule has 1 aliphatic carbocycles. The molecule has 1 rings (SSSR count). The SMILES string of the molecule is CCCCC/C=C\C/C=C\CCCCCCCC(=O)O[C@H](COC(=O)CCC/C=C\C[C@H]1C(=O)C[C@@H](O)[C@@H]1/C=C/[C@@H](O)CCCCC)COP(=O)(O)OC[C@@H](O)CO. The average molecular weight is 843 g/mol. The van der Waals surface area contributed by atoms with Crippen LogP contribution in [0.5, 0.6) is 0 Å². The Kier molecular flexibility index (Phi) is 31.6. The van der Waals surface area contributed by atoms with Crippen LogP contribution < -0.4 is 0 Å². The number of carbonyl (C=O) groups excluding carboxylic acids is 3. The topological polar surface area (TPSA) is 206 Å². The Morgan fingerprint density at radius 2 is 1.38 bits per heavy atom. The van der Waals surface area contributed by atoms with Crippen molar-refractivity contribution in [3.8, 4) is 0 Å². The van der Waals surface area contributed by atoms with E-state index in [1.807, 2.05) is 12.2 Å². The highest BCUT2D eigenvalue weighted by molar-refractivity contribution is 7.47. The minimum absolute atomic E-state index is 0.0204. The van der Waals surface area contributed by atoms with Crippen molar-refractivity contribution in [2.24, 2.45) is 11.8 Å². The third-order valence-electron chi connectivity index (χ3n) is 9.82. The van der Waals surface area contributed by atoms with Crippen LogP contribution in [0, 0.1) is 11.8 Å². The summed E-state index contributed by atoms with van der Waals surface area (Å²) in [6.07, 6.45) is 28.7. The van der Waals surface area contributed by atoms with Gasteiger partial charge in [-0.25, -0.2) is 4.57 Å². The molecule has 0 amide bonds. The van der Waals surface area contributed by atoms with Gasteiger partial charge in [-0.05, 0) is 64.2 Å². The maximum atomic E-state index is 12.6. The summed E-state index contributed by atoms with van der Waals surface area (Å²) in [7, 11) is -4.69. The second-order valence-corrected chi connectivity index (χ2v) is 16.6. The van der Waals surface area contributed by atoms with E-state index in [2.05, 4.69) is 42.7 Å². The minimum atomic E-state index is -4.69. The van der Waals surface area contributed by atoms with Crippen LogP contribution in [0.15, 0.2) is 48.6 Å². The highest BCUT2D eigenvalue weighted by atomic mass is 31.2.